The van der Waals surface area contributed by atoms with Gasteiger partial charge in [0.05, 0.1) is 11.7 Å². The van der Waals surface area contributed by atoms with Gasteiger partial charge in [0, 0.05) is 18.6 Å². The van der Waals surface area contributed by atoms with Gasteiger partial charge in [0.2, 0.25) is 7.37 Å². The van der Waals surface area contributed by atoms with E-state index in [1.807, 2.05) is 24.3 Å². The lowest BCUT2D eigenvalue weighted by molar-refractivity contribution is -0.141. The topological polar surface area (TPSA) is 114 Å². The van der Waals surface area contributed by atoms with Crippen LogP contribution < -0.4 is 5.73 Å². The van der Waals surface area contributed by atoms with E-state index in [4.69, 9.17) is 5.73 Å². The minimum absolute atomic E-state index is 0.204. The normalized spacial score (nSPS) is 15.9. The summed E-state index contributed by atoms with van der Waals surface area (Å²) in [4.78, 5) is 25.8. The number of carbonyl (C=O) groups is 1. The number of aromatic nitrogens is 1. The number of pyridine rings is 1. The van der Waals surface area contributed by atoms with Gasteiger partial charge >= 0.3 is 5.97 Å². The molecule has 0 amide bonds. The van der Waals surface area contributed by atoms with Crippen molar-refractivity contribution >= 4 is 13.3 Å². The second-order valence-electron chi connectivity index (χ2n) is 6.13. The van der Waals surface area contributed by atoms with Crippen LogP contribution in [0.25, 0.3) is 0 Å². The zero-order valence-corrected chi connectivity index (χ0v) is 14.8. The Bertz CT molecular complexity index is 724. The Morgan fingerprint density at radius 2 is 1.84 bits per heavy atom. The molecule has 0 bridgehead atoms. The molecule has 0 saturated heterocycles. The monoisotopic (exact) mass is 362 g/mol. The van der Waals surface area contributed by atoms with Crippen molar-refractivity contribution in [3.05, 3.63) is 66.0 Å². The molecule has 2 aromatic rings. The number of nitrogens with two attached hydrogens (primary N) is 1. The van der Waals surface area contributed by atoms with Crippen LogP contribution in [0.4, 0.5) is 0 Å². The highest BCUT2D eigenvalue weighted by atomic mass is 31.2. The van der Waals surface area contributed by atoms with Crippen molar-refractivity contribution in [3.8, 4) is 0 Å². The van der Waals surface area contributed by atoms with Crippen LogP contribution in [0.3, 0.4) is 0 Å². The summed E-state index contributed by atoms with van der Waals surface area (Å²) in [6, 6.07) is 12.7. The summed E-state index contributed by atoms with van der Waals surface area (Å²) in [6.07, 6.45) is 4.04. The molecule has 0 saturated carbocycles. The molecule has 2 rings (SSSR count). The van der Waals surface area contributed by atoms with Crippen molar-refractivity contribution in [2.24, 2.45) is 11.7 Å². The maximum atomic E-state index is 12.6. The van der Waals surface area contributed by atoms with Crippen molar-refractivity contribution in [3.63, 3.8) is 0 Å². The maximum absolute atomic E-state index is 12.6. The van der Waals surface area contributed by atoms with E-state index in [0.717, 1.165) is 11.1 Å². The smallest absolute Gasteiger partial charge is 0.307 e. The Kier molecular flexibility index (Phi) is 6.88. The second kappa shape index (κ2) is 8.90. The summed E-state index contributed by atoms with van der Waals surface area (Å²) in [6.45, 7) is 0. The van der Waals surface area contributed by atoms with E-state index < -0.39 is 25.0 Å². The van der Waals surface area contributed by atoms with E-state index in [2.05, 4.69) is 4.98 Å². The number of hydrogen-bond donors (Lipinski definition) is 3. The Labute approximate surface area is 147 Å². The van der Waals surface area contributed by atoms with Crippen LogP contribution in [0, 0.1) is 5.92 Å². The average Bonchev–Trinajstić information content (AvgIpc) is 2.60. The largest absolute Gasteiger partial charge is 0.481 e. The zero-order chi connectivity index (χ0) is 18.3. The minimum Gasteiger partial charge on any atom is -0.481 e. The molecule has 0 radical (unpaired) electrons. The molecule has 3 atom stereocenters. The standard InChI is InChI=1S/C18H23N2O4P/c19-17(9-8-15-7-4-10-20-12-15)25(23,24)13-16(18(21)22)11-14-5-2-1-3-6-14/h1-7,10,12,16-17H,8-9,11,13,19H2,(H,21,22)(H,23,24)/t16-,17-/m1/s1. The van der Waals surface area contributed by atoms with Gasteiger partial charge in [0.15, 0.2) is 0 Å². The Balaban J connectivity index is 1.98. The fourth-order valence-corrected chi connectivity index (χ4v) is 4.36. The molecule has 134 valence electrons. The van der Waals surface area contributed by atoms with Gasteiger partial charge in [-0.2, -0.15) is 0 Å². The van der Waals surface area contributed by atoms with Crippen molar-refractivity contribution in [2.45, 2.75) is 25.0 Å². The summed E-state index contributed by atoms with van der Waals surface area (Å²) in [5.74, 6) is -2.98. The van der Waals surface area contributed by atoms with Crippen LogP contribution in [0.2, 0.25) is 0 Å². The average molecular weight is 362 g/mol. The molecule has 25 heavy (non-hydrogen) atoms. The minimum atomic E-state index is -3.79. The van der Waals surface area contributed by atoms with Crippen LogP contribution in [0.1, 0.15) is 17.5 Å². The first-order valence-electron chi connectivity index (χ1n) is 8.11. The van der Waals surface area contributed by atoms with E-state index in [9.17, 15) is 19.4 Å². The van der Waals surface area contributed by atoms with E-state index in [1.54, 1.807) is 30.6 Å². The van der Waals surface area contributed by atoms with Crippen molar-refractivity contribution in [2.75, 3.05) is 6.16 Å². The van der Waals surface area contributed by atoms with Crippen LogP contribution in [-0.4, -0.2) is 32.9 Å². The molecule has 0 spiro atoms. The van der Waals surface area contributed by atoms with Gasteiger partial charge in [-0.25, -0.2) is 0 Å². The van der Waals surface area contributed by atoms with E-state index in [0.29, 0.717) is 12.8 Å². The van der Waals surface area contributed by atoms with Gasteiger partial charge in [-0.15, -0.1) is 0 Å². The Morgan fingerprint density at radius 1 is 1.16 bits per heavy atom. The van der Waals surface area contributed by atoms with Crippen molar-refractivity contribution in [1.82, 2.24) is 4.98 Å². The first-order valence-corrected chi connectivity index (χ1v) is 10.0. The third-order valence-electron chi connectivity index (χ3n) is 4.13. The van der Waals surface area contributed by atoms with E-state index in [1.165, 1.54) is 0 Å². The lowest BCUT2D eigenvalue weighted by Gasteiger charge is -2.22. The number of hydrogen-bond acceptors (Lipinski definition) is 4. The number of aliphatic carboxylic acids is 1. The molecule has 0 aliphatic heterocycles. The molecule has 6 nitrogen and oxygen atoms in total. The zero-order valence-electron chi connectivity index (χ0n) is 13.9. The van der Waals surface area contributed by atoms with Crippen molar-refractivity contribution < 1.29 is 19.4 Å². The van der Waals surface area contributed by atoms with Gasteiger partial charge in [0.1, 0.15) is 0 Å². The summed E-state index contributed by atoms with van der Waals surface area (Å²) in [5, 5.41) is 9.41. The SMILES string of the molecule is N[C@@H](CCc1cccnc1)P(=O)(O)C[C@@H](Cc1ccccc1)C(=O)O. The fourth-order valence-electron chi connectivity index (χ4n) is 2.64. The van der Waals surface area contributed by atoms with Crippen LogP contribution >= 0.6 is 7.37 Å². The number of benzene rings is 1. The molecule has 4 N–H and O–H groups in total. The van der Waals surface area contributed by atoms with Crippen LogP contribution in [-0.2, 0) is 22.2 Å². The molecular weight excluding hydrogens is 339 g/mol. The number of aryl methyl sites for hydroxylation is 1. The quantitative estimate of drug-likeness (QED) is 0.591. The highest BCUT2D eigenvalue weighted by Gasteiger charge is 2.34. The molecule has 1 aromatic carbocycles. The number of rotatable bonds is 9. The molecule has 1 unspecified atom stereocenters. The highest BCUT2D eigenvalue weighted by Crippen LogP contribution is 2.47. The summed E-state index contributed by atoms with van der Waals surface area (Å²) in [7, 11) is -3.79. The molecule has 0 fully saturated rings. The lowest BCUT2D eigenvalue weighted by atomic mass is 10.0. The fraction of sp³-hybridized carbons (Fsp3) is 0.333. The summed E-state index contributed by atoms with van der Waals surface area (Å²) >= 11 is 0. The third kappa shape index (κ3) is 6.09. The van der Waals surface area contributed by atoms with Gasteiger partial charge in [-0.1, -0.05) is 36.4 Å². The molecule has 1 heterocycles. The maximum Gasteiger partial charge on any atom is 0.307 e. The summed E-state index contributed by atoms with van der Waals surface area (Å²) in [5.41, 5.74) is 7.66. The first-order chi connectivity index (χ1) is 11.9. The van der Waals surface area contributed by atoms with Gasteiger partial charge in [-0.3, -0.25) is 14.3 Å². The Hall–Kier alpha value is -2.01. The van der Waals surface area contributed by atoms with Crippen LogP contribution in [0.5, 0.6) is 0 Å². The Morgan fingerprint density at radius 3 is 2.44 bits per heavy atom. The number of carboxylic acids is 1. The molecule has 7 heteroatoms. The second-order valence-corrected chi connectivity index (χ2v) is 8.67. The van der Waals surface area contributed by atoms with Crippen LogP contribution in [0.15, 0.2) is 54.9 Å². The molecule has 1 aromatic heterocycles. The van der Waals surface area contributed by atoms with E-state index >= 15 is 0 Å². The van der Waals surface area contributed by atoms with Gasteiger partial charge < -0.3 is 15.7 Å². The molecule has 0 aliphatic carbocycles. The highest BCUT2D eigenvalue weighted by molar-refractivity contribution is 7.58. The van der Waals surface area contributed by atoms with E-state index in [-0.39, 0.29) is 12.6 Å². The van der Waals surface area contributed by atoms with Gasteiger partial charge in [-0.05, 0) is 36.5 Å². The molecule has 0 aliphatic rings. The summed E-state index contributed by atoms with van der Waals surface area (Å²) < 4.78 is 12.6. The lowest BCUT2D eigenvalue weighted by Crippen LogP contribution is -2.28. The predicted molar refractivity (Wildman–Crippen MR) is 96.5 cm³/mol. The first kappa shape index (κ1) is 19.3. The predicted octanol–water partition coefficient (Wildman–Crippen LogP) is 2.51. The third-order valence-corrected chi connectivity index (χ3v) is 6.38. The van der Waals surface area contributed by atoms with Crippen molar-refractivity contribution in [1.29, 1.82) is 0 Å². The van der Waals surface area contributed by atoms with Gasteiger partial charge in [0.25, 0.3) is 0 Å². The number of carboxylic acid groups (broad SMARTS) is 1. The molecular formula is C18H23N2O4P. The number of nitrogens with zero attached hydrogens (tertiary/aromatic N) is 1.